The lowest BCUT2D eigenvalue weighted by Crippen LogP contribution is -2.51. The fourth-order valence-electron chi connectivity index (χ4n) is 9.50. The van der Waals surface area contributed by atoms with Gasteiger partial charge in [0.2, 0.25) is 0 Å². The quantitative estimate of drug-likeness (QED) is 0.281. The summed E-state index contributed by atoms with van der Waals surface area (Å²) in [4.78, 5) is 19.1. The first-order valence-electron chi connectivity index (χ1n) is 16.6. The molecule has 10 heteroatoms. The van der Waals surface area contributed by atoms with Crippen molar-refractivity contribution in [2.75, 3.05) is 31.1 Å². The van der Waals surface area contributed by atoms with Crippen LogP contribution in [0.1, 0.15) is 56.9 Å². The maximum absolute atomic E-state index is 16.9. The van der Waals surface area contributed by atoms with E-state index in [1.165, 1.54) is 43.5 Å². The Kier molecular flexibility index (Phi) is 6.42. The van der Waals surface area contributed by atoms with Crippen molar-refractivity contribution in [1.82, 2.24) is 25.2 Å². The number of rotatable bonds is 5. The second-order valence-corrected chi connectivity index (χ2v) is 14.0. The Morgan fingerprint density at radius 1 is 1.09 bits per heavy atom. The molecule has 0 spiro atoms. The molecule has 2 bridgehead atoms. The molecule has 5 aliphatic rings. The molecule has 8 nitrogen and oxygen atoms in total. The zero-order valence-electron chi connectivity index (χ0n) is 25.6. The van der Waals surface area contributed by atoms with E-state index in [1.807, 2.05) is 0 Å². The first-order valence-corrected chi connectivity index (χ1v) is 16.6. The van der Waals surface area contributed by atoms with Crippen molar-refractivity contribution >= 4 is 27.5 Å². The number of nitrogens with zero attached hydrogens (tertiary/aromatic N) is 5. The van der Waals surface area contributed by atoms with Crippen LogP contribution in [0.5, 0.6) is 11.8 Å². The van der Waals surface area contributed by atoms with Gasteiger partial charge in [-0.1, -0.05) is 18.4 Å². The average Bonchev–Trinajstić information content (AvgIpc) is 3.81. The second-order valence-electron chi connectivity index (χ2n) is 14.0. The summed E-state index contributed by atoms with van der Waals surface area (Å²) in [5.74, 6) is 2.32. The SMILES string of the molecule is C#Cc1c(F)ccc2cc(O)cc(-c3ncc4c(N5CC6CCC(C5)N6)nc(OCC56CCCN5C5CCCC5C6)nc4c3F)c12. The normalized spacial score (nSPS) is 28.6. The smallest absolute Gasteiger partial charge is 0.319 e. The van der Waals surface area contributed by atoms with E-state index in [0.717, 1.165) is 51.7 Å². The largest absolute Gasteiger partial charge is 0.508 e. The molecule has 9 rings (SSSR count). The average molecular weight is 623 g/mol. The van der Waals surface area contributed by atoms with Gasteiger partial charge in [-0.3, -0.25) is 9.88 Å². The molecule has 0 radical (unpaired) electrons. The van der Waals surface area contributed by atoms with Gasteiger partial charge in [-0.2, -0.15) is 9.97 Å². The van der Waals surface area contributed by atoms with Crippen LogP contribution in [-0.2, 0) is 0 Å². The van der Waals surface area contributed by atoms with E-state index in [4.69, 9.17) is 21.1 Å². The fourth-order valence-corrected chi connectivity index (χ4v) is 9.50. The minimum atomic E-state index is -0.695. The van der Waals surface area contributed by atoms with Crippen molar-refractivity contribution in [2.45, 2.75) is 75.0 Å². The van der Waals surface area contributed by atoms with E-state index in [0.29, 0.717) is 52.6 Å². The molecule has 6 heterocycles. The highest BCUT2D eigenvalue weighted by Gasteiger charge is 2.55. The fraction of sp³-hybridized carbons (Fsp3) is 0.472. The molecule has 2 aromatic heterocycles. The van der Waals surface area contributed by atoms with E-state index >= 15 is 4.39 Å². The van der Waals surface area contributed by atoms with Crippen molar-refractivity contribution in [3.63, 3.8) is 0 Å². The van der Waals surface area contributed by atoms with Crippen LogP contribution in [0.4, 0.5) is 14.6 Å². The van der Waals surface area contributed by atoms with Gasteiger partial charge in [0, 0.05) is 48.4 Å². The number of piperazine rings is 1. The summed E-state index contributed by atoms with van der Waals surface area (Å²) in [5, 5.41) is 15.5. The summed E-state index contributed by atoms with van der Waals surface area (Å²) in [6, 6.07) is 7.08. The Balaban J connectivity index is 1.17. The number of fused-ring (bicyclic) bond motifs is 7. The van der Waals surface area contributed by atoms with E-state index in [2.05, 4.69) is 26.0 Å². The van der Waals surface area contributed by atoms with Gasteiger partial charge in [0.05, 0.1) is 16.5 Å². The number of hydrogen-bond donors (Lipinski definition) is 2. The summed E-state index contributed by atoms with van der Waals surface area (Å²) in [6.07, 6.45) is 16.7. The lowest BCUT2D eigenvalue weighted by Gasteiger charge is -2.35. The first kappa shape index (κ1) is 28.2. The van der Waals surface area contributed by atoms with Crippen LogP contribution < -0.4 is 15.0 Å². The molecule has 4 aliphatic heterocycles. The summed E-state index contributed by atoms with van der Waals surface area (Å²) < 4.78 is 38.2. The first-order chi connectivity index (χ1) is 22.4. The van der Waals surface area contributed by atoms with E-state index in [9.17, 15) is 9.50 Å². The molecule has 5 fully saturated rings. The summed E-state index contributed by atoms with van der Waals surface area (Å²) in [6.45, 7) is 3.06. The Morgan fingerprint density at radius 2 is 1.93 bits per heavy atom. The van der Waals surface area contributed by atoms with Gasteiger partial charge < -0.3 is 20.1 Å². The second kappa shape index (κ2) is 10.5. The van der Waals surface area contributed by atoms with Crippen LogP contribution in [0, 0.1) is 29.9 Å². The molecule has 5 atom stereocenters. The molecule has 2 aromatic carbocycles. The van der Waals surface area contributed by atoms with Gasteiger partial charge in [0.25, 0.3) is 0 Å². The third-order valence-corrected chi connectivity index (χ3v) is 11.4. The van der Waals surface area contributed by atoms with Crippen LogP contribution in [0.25, 0.3) is 32.9 Å². The van der Waals surface area contributed by atoms with E-state index in [-0.39, 0.29) is 39.6 Å². The van der Waals surface area contributed by atoms with Crippen LogP contribution in [-0.4, -0.2) is 74.9 Å². The number of ether oxygens (including phenoxy) is 1. The maximum Gasteiger partial charge on any atom is 0.319 e. The minimum Gasteiger partial charge on any atom is -0.508 e. The number of terminal acetylenes is 1. The predicted octanol–water partition coefficient (Wildman–Crippen LogP) is 5.54. The molecule has 46 heavy (non-hydrogen) atoms. The van der Waals surface area contributed by atoms with Crippen molar-refractivity contribution in [2.24, 2.45) is 5.92 Å². The topological polar surface area (TPSA) is 86.6 Å². The summed E-state index contributed by atoms with van der Waals surface area (Å²) in [5.41, 5.74) is 0.160. The molecule has 1 saturated carbocycles. The number of anilines is 1. The predicted molar refractivity (Wildman–Crippen MR) is 172 cm³/mol. The number of phenolic OH excluding ortho intramolecular Hbond substituents is 1. The molecule has 5 unspecified atom stereocenters. The number of halogens is 2. The standard InChI is InChI=1S/C36H36F2N6O2/c1-2-25-28(37)10-7-20-13-24(45)14-26(30(20)25)32-31(38)33-27(16-39-32)34(43-17-22-8-9-23(18-43)40-22)42-35(41-33)46-19-36-11-4-12-44(36)29-6-3-5-21(29)15-36/h1,7,10,13-14,16,21-23,29,40,45H,3-6,8-9,11-12,15,17-19H2. The molecule has 4 aromatic rings. The monoisotopic (exact) mass is 622 g/mol. The number of pyridine rings is 1. The molecular formula is C36H36F2N6O2. The number of aromatic hydroxyl groups is 1. The third kappa shape index (κ3) is 4.28. The summed E-state index contributed by atoms with van der Waals surface area (Å²) in [7, 11) is 0. The molecule has 2 N–H and O–H groups in total. The number of benzene rings is 2. The Hall–Kier alpha value is -4.07. The molecule has 4 saturated heterocycles. The summed E-state index contributed by atoms with van der Waals surface area (Å²) >= 11 is 0. The highest BCUT2D eigenvalue weighted by Crippen LogP contribution is 2.51. The lowest BCUT2D eigenvalue weighted by molar-refractivity contribution is 0.0832. The van der Waals surface area contributed by atoms with Crippen molar-refractivity contribution in [3.8, 4) is 35.4 Å². The number of hydrogen-bond acceptors (Lipinski definition) is 8. The van der Waals surface area contributed by atoms with Gasteiger partial charge in [-0.05, 0) is 81.0 Å². The lowest BCUT2D eigenvalue weighted by atomic mass is 9.90. The molecule has 0 amide bonds. The van der Waals surface area contributed by atoms with Crippen LogP contribution in [0.15, 0.2) is 30.5 Å². The Morgan fingerprint density at radius 3 is 2.76 bits per heavy atom. The molecular weight excluding hydrogens is 586 g/mol. The van der Waals surface area contributed by atoms with Crippen molar-refractivity contribution in [3.05, 3.63) is 47.7 Å². The zero-order valence-corrected chi connectivity index (χ0v) is 25.6. The molecule has 1 aliphatic carbocycles. The van der Waals surface area contributed by atoms with Gasteiger partial charge in [-0.15, -0.1) is 6.42 Å². The highest BCUT2D eigenvalue weighted by atomic mass is 19.1. The highest BCUT2D eigenvalue weighted by molar-refractivity contribution is 6.03. The van der Waals surface area contributed by atoms with Crippen LogP contribution >= 0.6 is 0 Å². The maximum atomic E-state index is 16.9. The number of phenols is 1. The van der Waals surface area contributed by atoms with Gasteiger partial charge in [0.1, 0.15) is 35.2 Å². The van der Waals surface area contributed by atoms with Gasteiger partial charge in [0.15, 0.2) is 5.82 Å². The zero-order chi connectivity index (χ0) is 31.2. The number of aromatic nitrogens is 3. The Labute approximate surface area is 266 Å². The van der Waals surface area contributed by atoms with Crippen LogP contribution in [0.3, 0.4) is 0 Å². The third-order valence-electron chi connectivity index (χ3n) is 11.4. The Bertz CT molecular complexity index is 1930. The van der Waals surface area contributed by atoms with E-state index in [1.54, 1.807) is 6.20 Å². The van der Waals surface area contributed by atoms with Gasteiger partial charge >= 0.3 is 6.01 Å². The van der Waals surface area contributed by atoms with Gasteiger partial charge in [-0.25, -0.2) is 8.78 Å². The number of nitrogens with one attached hydrogen (secondary N) is 1. The molecule has 236 valence electrons. The van der Waals surface area contributed by atoms with E-state index < -0.39 is 11.6 Å². The van der Waals surface area contributed by atoms with Crippen molar-refractivity contribution in [1.29, 1.82) is 0 Å². The van der Waals surface area contributed by atoms with Crippen molar-refractivity contribution < 1.29 is 18.6 Å². The van der Waals surface area contributed by atoms with Crippen LogP contribution in [0.2, 0.25) is 0 Å². The minimum absolute atomic E-state index is 0.0146.